The Labute approximate surface area is 93.1 Å². The van der Waals surface area contributed by atoms with E-state index in [0.29, 0.717) is 0 Å². The van der Waals surface area contributed by atoms with Crippen molar-refractivity contribution < 1.29 is 0 Å². The minimum Gasteiger partial charge on any atom is -0.0616 e. The second kappa shape index (κ2) is 3.39. The van der Waals surface area contributed by atoms with Crippen LogP contribution in [0.1, 0.15) is 16.7 Å². The molecule has 0 N–H and O–H groups in total. The molecule has 0 bridgehead atoms. The Kier molecular flexibility index (Phi) is 2.36. The summed E-state index contributed by atoms with van der Waals surface area (Å²) in [6, 6.07) is 8.53. The first-order valence-electron chi connectivity index (χ1n) is 4.77. The van der Waals surface area contributed by atoms with E-state index in [1.807, 2.05) is 0 Å². The monoisotopic (exact) mass is 248 g/mol. The van der Waals surface area contributed by atoms with Gasteiger partial charge < -0.3 is 0 Å². The van der Waals surface area contributed by atoms with E-state index in [0.717, 1.165) is 0 Å². The highest BCUT2D eigenvalue weighted by Crippen LogP contribution is 2.32. The van der Waals surface area contributed by atoms with Crippen LogP contribution in [0.4, 0.5) is 0 Å². The molecular weight excluding hydrogens is 236 g/mol. The Morgan fingerprint density at radius 1 is 0.786 bits per heavy atom. The molecule has 0 spiro atoms. The Bertz CT molecular complexity index is 452. The zero-order chi connectivity index (χ0) is 10.3. The third-order valence-electron chi connectivity index (χ3n) is 3.02. The summed E-state index contributed by atoms with van der Waals surface area (Å²) in [6.45, 7) is 6.54. The van der Waals surface area contributed by atoms with Gasteiger partial charge in [-0.25, -0.2) is 0 Å². The van der Waals surface area contributed by atoms with Crippen molar-refractivity contribution in [3.63, 3.8) is 0 Å². The molecule has 0 aromatic heterocycles. The first-order chi connectivity index (χ1) is 6.63. The highest BCUT2D eigenvalue weighted by Gasteiger charge is 2.08. The molecule has 0 aliphatic rings. The summed E-state index contributed by atoms with van der Waals surface area (Å²) in [5, 5.41) is 2.66. The van der Waals surface area contributed by atoms with Crippen molar-refractivity contribution >= 4 is 26.7 Å². The molecule has 2 aromatic carbocycles. The maximum atomic E-state index is 3.67. The van der Waals surface area contributed by atoms with Crippen LogP contribution in [0.2, 0.25) is 0 Å². The van der Waals surface area contributed by atoms with E-state index in [2.05, 4.69) is 61.0 Å². The minimum atomic E-state index is 1.23. The Hall–Kier alpha value is -0.820. The van der Waals surface area contributed by atoms with Gasteiger partial charge in [0.15, 0.2) is 0 Å². The molecule has 0 nitrogen and oxygen atoms in total. The number of hydrogen-bond acceptors (Lipinski definition) is 0. The molecule has 0 atom stereocenters. The summed E-state index contributed by atoms with van der Waals surface area (Å²) in [5.74, 6) is 0. The van der Waals surface area contributed by atoms with Crippen LogP contribution in [0.25, 0.3) is 10.8 Å². The average molecular weight is 249 g/mol. The molecule has 0 saturated heterocycles. The SMILES string of the molecule is Cc1c(C)c(Br)c2ccccc2c1C. The first-order valence-corrected chi connectivity index (χ1v) is 5.56. The van der Waals surface area contributed by atoms with Crippen LogP contribution in [-0.4, -0.2) is 0 Å². The Morgan fingerprint density at radius 2 is 1.36 bits per heavy atom. The second-order valence-electron chi connectivity index (χ2n) is 3.73. The molecule has 2 rings (SSSR count). The molecular formula is C13H13Br. The van der Waals surface area contributed by atoms with Gasteiger partial charge in [-0.05, 0) is 64.2 Å². The van der Waals surface area contributed by atoms with Crippen LogP contribution in [0, 0.1) is 20.8 Å². The highest BCUT2D eigenvalue weighted by molar-refractivity contribution is 9.10. The fourth-order valence-electron chi connectivity index (χ4n) is 1.85. The molecule has 0 fully saturated rings. The van der Waals surface area contributed by atoms with Gasteiger partial charge in [0.25, 0.3) is 0 Å². The van der Waals surface area contributed by atoms with Crippen LogP contribution >= 0.6 is 15.9 Å². The van der Waals surface area contributed by atoms with Crippen LogP contribution in [0.3, 0.4) is 0 Å². The van der Waals surface area contributed by atoms with E-state index < -0.39 is 0 Å². The Balaban J connectivity index is 3.02. The molecule has 14 heavy (non-hydrogen) atoms. The van der Waals surface area contributed by atoms with Gasteiger partial charge in [-0.1, -0.05) is 24.3 Å². The molecule has 0 heterocycles. The van der Waals surface area contributed by atoms with E-state index in [1.54, 1.807) is 0 Å². The Morgan fingerprint density at radius 3 is 2.00 bits per heavy atom. The van der Waals surface area contributed by atoms with Crippen LogP contribution in [0.15, 0.2) is 28.7 Å². The standard InChI is InChI=1S/C13H13Br/c1-8-9(2)11-6-4-5-7-12(11)13(14)10(8)3/h4-7H,1-3H3. The number of hydrogen-bond donors (Lipinski definition) is 0. The van der Waals surface area contributed by atoms with Gasteiger partial charge in [-0.2, -0.15) is 0 Å². The summed E-state index contributed by atoms with van der Waals surface area (Å²) < 4.78 is 1.23. The molecule has 2 aromatic rings. The van der Waals surface area contributed by atoms with Gasteiger partial charge in [0.2, 0.25) is 0 Å². The molecule has 72 valence electrons. The van der Waals surface area contributed by atoms with Crippen LogP contribution in [-0.2, 0) is 0 Å². The number of halogens is 1. The summed E-state index contributed by atoms with van der Waals surface area (Å²) >= 11 is 3.67. The number of benzene rings is 2. The van der Waals surface area contributed by atoms with E-state index in [9.17, 15) is 0 Å². The largest absolute Gasteiger partial charge is 0.0616 e. The van der Waals surface area contributed by atoms with Crippen LogP contribution < -0.4 is 0 Å². The number of aryl methyl sites for hydroxylation is 1. The van der Waals surface area contributed by atoms with E-state index in [1.165, 1.54) is 31.9 Å². The molecule has 0 amide bonds. The fraction of sp³-hybridized carbons (Fsp3) is 0.231. The van der Waals surface area contributed by atoms with Gasteiger partial charge >= 0.3 is 0 Å². The topological polar surface area (TPSA) is 0 Å². The van der Waals surface area contributed by atoms with Gasteiger partial charge in [-0.3, -0.25) is 0 Å². The van der Waals surface area contributed by atoms with Crippen LogP contribution in [0.5, 0.6) is 0 Å². The predicted octanol–water partition coefficient (Wildman–Crippen LogP) is 4.53. The zero-order valence-electron chi connectivity index (χ0n) is 8.69. The van der Waals surface area contributed by atoms with Gasteiger partial charge in [0.05, 0.1) is 0 Å². The second-order valence-corrected chi connectivity index (χ2v) is 4.53. The van der Waals surface area contributed by atoms with Crippen molar-refractivity contribution in [2.45, 2.75) is 20.8 Å². The maximum Gasteiger partial charge on any atom is 0.0285 e. The minimum absolute atomic E-state index is 1.23. The van der Waals surface area contributed by atoms with E-state index in [-0.39, 0.29) is 0 Å². The fourth-order valence-corrected chi connectivity index (χ4v) is 2.49. The lowest BCUT2D eigenvalue weighted by molar-refractivity contribution is 1.28. The summed E-state index contributed by atoms with van der Waals surface area (Å²) in [6.07, 6.45) is 0. The van der Waals surface area contributed by atoms with Crippen molar-refractivity contribution in [1.29, 1.82) is 0 Å². The first kappa shape index (κ1) is 9.72. The molecule has 1 heteroatoms. The van der Waals surface area contributed by atoms with Gasteiger partial charge in [0, 0.05) is 4.47 Å². The lowest BCUT2D eigenvalue weighted by atomic mass is 9.97. The lowest BCUT2D eigenvalue weighted by Crippen LogP contribution is -1.90. The van der Waals surface area contributed by atoms with Crippen molar-refractivity contribution in [3.05, 3.63) is 45.4 Å². The molecule has 0 saturated carbocycles. The molecule has 0 unspecified atom stereocenters. The average Bonchev–Trinajstić information content (AvgIpc) is 2.23. The van der Waals surface area contributed by atoms with Crippen molar-refractivity contribution in [1.82, 2.24) is 0 Å². The number of fused-ring (bicyclic) bond motifs is 1. The van der Waals surface area contributed by atoms with E-state index >= 15 is 0 Å². The third kappa shape index (κ3) is 1.27. The molecule has 0 aliphatic heterocycles. The summed E-state index contributed by atoms with van der Waals surface area (Å²) in [5.41, 5.74) is 4.12. The third-order valence-corrected chi connectivity index (χ3v) is 4.04. The van der Waals surface area contributed by atoms with Gasteiger partial charge in [-0.15, -0.1) is 0 Å². The predicted molar refractivity (Wildman–Crippen MR) is 65.9 cm³/mol. The highest BCUT2D eigenvalue weighted by atomic mass is 79.9. The van der Waals surface area contributed by atoms with Gasteiger partial charge in [0.1, 0.15) is 0 Å². The zero-order valence-corrected chi connectivity index (χ0v) is 10.3. The smallest absolute Gasteiger partial charge is 0.0285 e. The maximum absolute atomic E-state index is 3.67. The quantitative estimate of drug-likeness (QED) is 0.643. The molecule has 0 radical (unpaired) electrons. The molecule has 0 aliphatic carbocycles. The van der Waals surface area contributed by atoms with Crippen molar-refractivity contribution in [3.8, 4) is 0 Å². The normalized spacial score (nSPS) is 10.9. The van der Waals surface area contributed by atoms with E-state index in [4.69, 9.17) is 0 Å². The summed E-state index contributed by atoms with van der Waals surface area (Å²) in [7, 11) is 0. The summed E-state index contributed by atoms with van der Waals surface area (Å²) in [4.78, 5) is 0. The van der Waals surface area contributed by atoms with Crippen molar-refractivity contribution in [2.75, 3.05) is 0 Å². The van der Waals surface area contributed by atoms with Crippen molar-refractivity contribution in [2.24, 2.45) is 0 Å². The number of rotatable bonds is 0. The lowest BCUT2D eigenvalue weighted by Gasteiger charge is -2.12.